The molecule has 0 unspecified atom stereocenters. The van der Waals surface area contributed by atoms with Gasteiger partial charge in [0.1, 0.15) is 0 Å². The Labute approximate surface area is 212 Å². The third kappa shape index (κ3) is 5.51. The van der Waals surface area contributed by atoms with Gasteiger partial charge in [0.2, 0.25) is 5.91 Å². The Balaban J connectivity index is 1.38. The fourth-order valence-corrected chi connectivity index (χ4v) is 6.35. The lowest BCUT2D eigenvalue weighted by Gasteiger charge is -2.13. The Bertz CT molecular complexity index is 1380. The molecule has 0 radical (unpaired) electrons. The molecule has 1 N–H and O–H groups in total. The average Bonchev–Trinajstić information content (AvgIpc) is 3.57. The van der Waals surface area contributed by atoms with Gasteiger partial charge in [0.15, 0.2) is 11.0 Å². The summed E-state index contributed by atoms with van der Waals surface area (Å²) in [7, 11) is 0. The highest BCUT2D eigenvalue weighted by atomic mass is 32.2. The number of carbonyl (C=O) groups excluding carboxylic acids is 1. The van der Waals surface area contributed by atoms with Crippen LogP contribution >= 0.6 is 23.1 Å². The summed E-state index contributed by atoms with van der Waals surface area (Å²) < 4.78 is 4.79. The normalized spacial score (nSPS) is 14.1. The van der Waals surface area contributed by atoms with Crippen LogP contribution in [0.2, 0.25) is 0 Å². The van der Waals surface area contributed by atoms with E-state index in [2.05, 4.69) is 45.2 Å². The van der Waals surface area contributed by atoms with Crippen molar-refractivity contribution < 1.29 is 4.79 Å². The van der Waals surface area contributed by atoms with Crippen molar-refractivity contribution in [1.82, 2.24) is 24.6 Å². The topological polar surface area (TPSA) is 81.8 Å². The molecular formula is C26H29N5O2S2. The molecule has 4 aromatic rings. The van der Waals surface area contributed by atoms with E-state index >= 15 is 0 Å². The maximum absolute atomic E-state index is 12.7. The van der Waals surface area contributed by atoms with Crippen molar-refractivity contribution in [2.24, 2.45) is 0 Å². The van der Waals surface area contributed by atoms with Gasteiger partial charge in [-0.05, 0) is 49.4 Å². The zero-order valence-corrected chi connectivity index (χ0v) is 21.4. The zero-order chi connectivity index (χ0) is 24.2. The lowest BCUT2D eigenvalue weighted by molar-refractivity contribution is -0.119. The van der Waals surface area contributed by atoms with E-state index in [0.717, 1.165) is 35.3 Å². The van der Waals surface area contributed by atoms with Crippen LogP contribution in [-0.4, -0.2) is 37.0 Å². The number of aromatic nitrogens is 4. The molecule has 2 aromatic heterocycles. The Hall–Kier alpha value is -2.91. The molecule has 1 aliphatic rings. The summed E-state index contributed by atoms with van der Waals surface area (Å²) in [4.78, 5) is 25.2. The van der Waals surface area contributed by atoms with Gasteiger partial charge >= 0.3 is 4.87 Å². The van der Waals surface area contributed by atoms with Gasteiger partial charge in [-0.2, -0.15) is 0 Å². The van der Waals surface area contributed by atoms with E-state index in [1.807, 2.05) is 30.3 Å². The Morgan fingerprint density at radius 2 is 1.86 bits per heavy atom. The number of hydrogen-bond acceptors (Lipinski definition) is 6. The number of benzene rings is 2. The van der Waals surface area contributed by atoms with Gasteiger partial charge < -0.3 is 9.88 Å². The average molecular weight is 508 g/mol. The molecule has 1 saturated carbocycles. The van der Waals surface area contributed by atoms with Crippen molar-refractivity contribution in [3.8, 4) is 0 Å². The van der Waals surface area contributed by atoms with Crippen molar-refractivity contribution in [3.05, 3.63) is 75.1 Å². The molecular weight excluding hydrogens is 478 g/mol. The lowest BCUT2D eigenvalue weighted by atomic mass is 10.1. The highest BCUT2D eigenvalue weighted by molar-refractivity contribution is 7.99. The quantitative estimate of drug-likeness (QED) is 0.340. The van der Waals surface area contributed by atoms with Gasteiger partial charge in [-0.3, -0.25) is 14.2 Å². The number of thioether (sulfide) groups is 1. The largest absolute Gasteiger partial charge is 0.353 e. The van der Waals surface area contributed by atoms with Crippen LogP contribution in [0.4, 0.5) is 0 Å². The molecule has 0 spiro atoms. The van der Waals surface area contributed by atoms with Crippen molar-refractivity contribution in [2.75, 3.05) is 5.75 Å². The van der Waals surface area contributed by atoms with E-state index in [1.165, 1.54) is 47.1 Å². The molecule has 182 valence electrons. The van der Waals surface area contributed by atoms with Crippen molar-refractivity contribution in [2.45, 2.75) is 63.3 Å². The van der Waals surface area contributed by atoms with Crippen LogP contribution in [0.1, 0.15) is 42.6 Å². The van der Waals surface area contributed by atoms with Crippen LogP contribution in [0, 0.1) is 6.92 Å². The first-order valence-electron chi connectivity index (χ1n) is 12.1. The molecule has 7 nitrogen and oxygen atoms in total. The van der Waals surface area contributed by atoms with E-state index in [9.17, 15) is 9.59 Å². The van der Waals surface area contributed by atoms with E-state index in [-0.39, 0.29) is 10.8 Å². The van der Waals surface area contributed by atoms with Crippen LogP contribution in [0.25, 0.3) is 10.2 Å². The van der Waals surface area contributed by atoms with Crippen molar-refractivity contribution in [3.63, 3.8) is 0 Å². The number of thiazole rings is 1. The van der Waals surface area contributed by atoms with Gasteiger partial charge in [-0.1, -0.05) is 72.3 Å². The summed E-state index contributed by atoms with van der Waals surface area (Å²) >= 11 is 2.66. The van der Waals surface area contributed by atoms with E-state index in [1.54, 1.807) is 4.57 Å². The summed E-state index contributed by atoms with van der Waals surface area (Å²) in [6.07, 6.45) is 5.32. The summed E-state index contributed by atoms with van der Waals surface area (Å²) in [6, 6.07) is 16.5. The number of nitrogens with zero attached hydrogens (tertiary/aromatic N) is 4. The smallest absolute Gasteiger partial charge is 0.308 e. The van der Waals surface area contributed by atoms with Gasteiger partial charge in [0.25, 0.3) is 0 Å². The Morgan fingerprint density at radius 1 is 1.09 bits per heavy atom. The monoisotopic (exact) mass is 507 g/mol. The molecule has 1 amide bonds. The number of rotatable bonds is 9. The number of amides is 1. The molecule has 2 heterocycles. The number of hydrogen-bond donors (Lipinski definition) is 1. The van der Waals surface area contributed by atoms with Crippen molar-refractivity contribution in [1.29, 1.82) is 0 Å². The standard InChI is InChI=1S/C26H29N5O2S2/c1-18-8-2-3-9-19(18)14-15-30-23(16-31-21-12-6-7-13-22(21)35-26(31)33)28-29-25(30)34-17-24(32)27-20-10-4-5-11-20/h2-3,6-9,12-13,20H,4-5,10-11,14-17H2,1H3,(H,27,32). The SMILES string of the molecule is Cc1ccccc1CCn1c(Cn2c(=O)sc3ccccc32)nnc1SCC(=O)NC1CCCC1. The van der Waals surface area contributed by atoms with Crippen LogP contribution in [0.15, 0.2) is 58.5 Å². The molecule has 0 atom stereocenters. The van der Waals surface area contributed by atoms with Crippen LogP contribution in [-0.2, 0) is 24.3 Å². The van der Waals surface area contributed by atoms with E-state index in [0.29, 0.717) is 30.0 Å². The maximum Gasteiger partial charge on any atom is 0.308 e. The Morgan fingerprint density at radius 3 is 2.69 bits per heavy atom. The highest BCUT2D eigenvalue weighted by Gasteiger charge is 2.20. The molecule has 1 aliphatic carbocycles. The number of carbonyl (C=O) groups is 1. The summed E-state index contributed by atoms with van der Waals surface area (Å²) in [5.41, 5.74) is 3.41. The second kappa shape index (κ2) is 10.8. The highest BCUT2D eigenvalue weighted by Crippen LogP contribution is 2.22. The lowest BCUT2D eigenvalue weighted by Crippen LogP contribution is -2.33. The Kier molecular flexibility index (Phi) is 7.34. The van der Waals surface area contributed by atoms with E-state index in [4.69, 9.17) is 0 Å². The molecule has 5 rings (SSSR count). The predicted octanol–water partition coefficient (Wildman–Crippen LogP) is 4.40. The number of nitrogens with one attached hydrogen (secondary N) is 1. The second-order valence-corrected chi connectivity index (χ2v) is 10.9. The maximum atomic E-state index is 12.7. The summed E-state index contributed by atoms with van der Waals surface area (Å²) in [5.74, 6) is 1.07. The first-order valence-corrected chi connectivity index (χ1v) is 13.9. The fraction of sp³-hybridized carbons (Fsp3) is 0.385. The third-order valence-corrected chi connectivity index (χ3v) is 8.51. The van der Waals surface area contributed by atoms with E-state index < -0.39 is 0 Å². The van der Waals surface area contributed by atoms with Crippen LogP contribution < -0.4 is 10.2 Å². The molecule has 35 heavy (non-hydrogen) atoms. The van der Waals surface area contributed by atoms with Gasteiger partial charge in [0.05, 0.1) is 22.5 Å². The molecule has 1 fully saturated rings. The zero-order valence-electron chi connectivity index (χ0n) is 19.8. The van der Waals surface area contributed by atoms with Gasteiger partial charge in [-0.15, -0.1) is 10.2 Å². The second-order valence-electron chi connectivity index (χ2n) is 8.99. The van der Waals surface area contributed by atoms with Crippen LogP contribution in [0.5, 0.6) is 0 Å². The van der Waals surface area contributed by atoms with Gasteiger partial charge in [0, 0.05) is 12.6 Å². The molecule has 0 aliphatic heterocycles. The molecule has 0 bridgehead atoms. The predicted molar refractivity (Wildman–Crippen MR) is 141 cm³/mol. The fourth-order valence-electron chi connectivity index (χ4n) is 4.66. The first-order chi connectivity index (χ1) is 17.1. The summed E-state index contributed by atoms with van der Waals surface area (Å²) in [6.45, 7) is 3.14. The number of para-hydroxylation sites is 1. The first kappa shape index (κ1) is 23.8. The number of aryl methyl sites for hydroxylation is 2. The summed E-state index contributed by atoms with van der Waals surface area (Å²) in [5, 5.41) is 12.7. The minimum absolute atomic E-state index is 0.00945. The van der Waals surface area contributed by atoms with Crippen molar-refractivity contribution >= 4 is 39.2 Å². The minimum Gasteiger partial charge on any atom is -0.353 e. The molecule has 2 aromatic carbocycles. The number of fused-ring (bicyclic) bond motifs is 1. The third-order valence-electron chi connectivity index (χ3n) is 6.59. The minimum atomic E-state index is -0.00945. The molecule has 0 saturated heterocycles. The molecule has 9 heteroatoms. The van der Waals surface area contributed by atoms with Crippen LogP contribution in [0.3, 0.4) is 0 Å². The van der Waals surface area contributed by atoms with Gasteiger partial charge in [-0.25, -0.2) is 0 Å².